The lowest BCUT2D eigenvalue weighted by Gasteiger charge is -2.30. The van der Waals surface area contributed by atoms with E-state index in [9.17, 15) is 0 Å². The zero-order valence-corrected chi connectivity index (χ0v) is 16.2. The van der Waals surface area contributed by atoms with E-state index in [1.54, 1.807) is 0 Å². The van der Waals surface area contributed by atoms with Gasteiger partial charge in [0.05, 0.1) is 0 Å². The van der Waals surface area contributed by atoms with Crippen LogP contribution < -0.4 is 5.32 Å². The Morgan fingerprint density at radius 3 is 2.23 bits per heavy atom. The molecule has 0 aromatic carbocycles. The van der Waals surface area contributed by atoms with Crippen LogP contribution in [0.2, 0.25) is 0 Å². The van der Waals surface area contributed by atoms with E-state index < -0.39 is 0 Å². The highest BCUT2D eigenvalue weighted by atomic mass is 14.9. The number of allylic oxidation sites excluding steroid dienone is 2. The Morgan fingerprint density at radius 1 is 1.05 bits per heavy atom. The van der Waals surface area contributed by atoms with Crippen LogP contribution in [-0.4, -0.2) is 12.6 Å². The highest BCUT2D eigenvalue weighted by molar-refractivity contribution is 5.35. The molecular weight excluding hydrogens is 266 g/mol. The van der Waals surface area contributed by atoms with E-state index in [-0.39, 0.29) is 0 Å². The first-order valence-corrected chi connectivity index (χ1v) is 9.27. The van der Waals surface area contributed by atoms with Gasteiger partial charge in [0.2, 0.25) is 0 Å². The van der Waals surface area contributed by atoms with Gasteiger partial charge in [-0.3, -0.25) is 0 Å². The van der Waals surface area contributed by atoms with E-state index in [4.69, 9.17) is 0 Å². The first-order valence-electron chi connectivity index (χ1n) is 9.27. The van der Waals surface area contributed by atoms with E-state index in [2.05, 4.69) is 65.9 Å². The van der Waals surface area contributed by atoms with Crippen molar-refractivity contribution in [2.45, 2.75) is 93.0 Å². The van der Waals surface area contributed by atoms with Crippen LogP contribution in [-0.2, 0) is 0 Å². The van der Waals surface area contributed by atoms with Crippen LogP contribution in [0, 0.1) is 10.8 Å². The standard InChI is InChI=1S/C21H39N/c1-8-20(4,5)14-11-15-21(6,7)16-22-18(3)19-13-10-9-12-17(19)2/h12-13,18,22H,8-11,14-16H2,1-7H3. The summed E-state index contributed by atoms with van der Waals surface area (Å²) in [6, 6.07) is 0.475. The van der Waals surface area contributed by atoms with Crippen LogP contribution in [0.3, 0.4) is 0 Å². The SMILES string of the molecule is CCC(C)(C)CCCC(C)(C)CNC(C)C1=CCCC=C1C. The average molecular weight is 306 g/mol. The summed E-state index contributed by atoms with van der Waals surface area (Å²) >= 11 is 0. The van der Waals surface area contributed by atoms with E-state index >= 15 is 0 Å². The Balaban J connectivity index is 2.38. The number of rotatable bonds is 9. The maximum atomic E-state index is 3.78. The van der Waals surface area contributed by atoms with E-state index in [1.165, 1.54) is 49.7 Å². The molecule has 0 spiro atoms. The summed E-state index contributed by atoms with van der Waals surface area (Å²) in [5, 5.41) is 3.78. The fourth-order valence-electron chi connectivity index (χ4n) is 3.19. The highest BCUT2D eigenvalue weighted by Gasteiger charge is 2.22. The number of nitrogens with one attached hydrogen (secondary N) is 1. The molecule has 1 unspecified atom stereocenters. The van der Waals surface area contributed by atoms with Crippen LogP contribution in [0.15, 0.2) is 23.3 Å². The molecule has 0 bridgehead atoms. The third-order valence-corrected chi connectivity index (χ3v) is 5.45. The van der Waals surface area contributed by atoms with Crippen molar-refractivity contribution in [2.24, 2.45) is 10.8 Å². The molecule has 1 rings (SSSR count). The van der Waals surface area contributed by atoms with Crippen molar-refractivity contribution >= 4 is 0 Å². The van der Waals surface area contributed by atoms with Crippen molar-refractivity contribution in [3.8, 4) is 0 Å². The molecular formula is C21H39N. The molecule has 1 N–H and O–H groups in total. The minimum atomic E-state index is 0.380. The molecule has 1 atom stereocenters. The van der Waals surface area contributed by atoms with Crippen LogP contribution in [0.5, 0.6) is 0 Å². The van der Waals surface area contributed by atoms with Crippen LogP contribution in [0.1, 0.15) is 87.0 Å². The molecule has 0 aromatic rings. The van der Waals surface area contributed by atoms with Crippen molar-refractivity contribution in [3.63, 3.8) is 0 Å². The Morgan fingerprint density at radius 2 is 1.64 bits per heavy atom. The van der Waals surface area contributed by atoms with E-state index in [0.29, 0.717) is 16.9 Å². The number of hydrogen-bond acceptors (Lipinski definition) is 1. The van der Waals surface area contributed by atoms with Crippen molar-refractivity contribution < 1.29 is 0 Å². The summed E-state index contributed by atoms with van der Waals surface area (Å²) < 4.78 is 0. The van der Waals surface area contributed by atoms with Gasteiger partial charge in [0.1, 0.15) is 0 Å². The second-order valence-electron chi connectivity index (χ2n) is 8.76. The zero-order valence-electron chi connectivity index (χ0n) is 16.2. The molecule has 1 aliphatic carbocycles. The molecule has 0 aromatic heterocycles. The van der Waals surface area contributed by atoms with Gasteiger partial charge in [-0.1, -0.05) is 65.2 Å². The van der Waals surface area contributed by atoms with Gasteiger partial charge < -0.3 is 5.32 Å². The Kier molecular flexibility index (Phi) is 7.38. The fraction of sp³-hybridized carbons (Fsp3) is 0.810. The first-order chi connectivity index (χ1) is 10.2. The van der Waals surface area contributed by atoms with Gasteiger partial charge >= 0.3 is 0 Å². The lowest BCUT2D eigenvalue weighted by atomic mass is 9.80. The topological polar surface area (TPSA) is 12.0 Å². The quantitative estimate of drug-likeness (QED) is 0.530. The van der Waals surface area contributed by atoms with Gasteiger partial charge in [-0.05, 0) is 55.9 Å². The van der Waals surface area contributed by atoms with E-state index in [1.807, 2.05) is 0 Å². The van der Waals surface area contributed by atoms with Crippen LogP contribution >= 0.6 is 0 Å². The Bertz CT molecular complexity index is 398. The predicted octanol–water partition coefficient (Wildman–Crippen LogP) is 6.26. The largest absolute Gasteiger partial charge is 0.310 e. The molecule has 0 aliphatic heterocycles. The normalized spacial score (nSPS) is 18.0. The van der Waals surface area contributed by atoms with Crippen molar-refractivity contribution in [1.82, 2.24) is 5.32 Å². The van der Waals surface area contributed by atoms with Gasteiger partial charge in [-0.15, -0.1) is 0 Å². The Labute approximate surface area is 139 Å². The molecule has 1 heteroatoms. The maximum Gasteiger partial charge on any atom is 0.0291 e. The Hall–Kier alpha value is -0.560. The summed E-state index contributed by atoms with van der Waals surface area (Å²) in [5.41, 5.74) is 3.86. The zero-order chi connectivity index (χ0) is 16.8. The summed E-state index contributed by atoms with van der Waals surface area (Å²) in [4.78, 5) is 0. The summed E-state index contributed by atoms with van der Waals surface area (Å²) in [5.74, 6) is 0. The predicted molar refractivity (Wildman–Crippen MR) is 100 cm³/mol. The first kappa shape index (κ1) is 19.5. The maximum absolute atomic E-state index is 3.78. The number of hydrogen-bond donors (Lipinski definition) is 1. The molecule has 1 aliphatic rings. The molecule has 0 radical (unpaired) electrons. The molecule has 128 valence electrons. The van der Waals surface area contributed by atoms with Crippen molar-refractivity contribution in [1.29, 1.82) is 0 Å². The van der Waals surface area contributed by atoms with Gasteiger partial charge in [0.15, 0.2) is 0 Å². The third-order valence-electron chi connectivity index (χ3n) is 5.45. The second-order valence-corrected chi connectivity index (χ2v) is 8.76. The highest BCUT2D eigenvalue weighted by Crippen LogP contribution is 2.31. The summed E-state index contributed by atoms with van der Waals surface area (Å²) in [6.45, 7) is 17.6. The fourth-order valence-corrected chi connectivity index (χ4v) is 3.19. The second kappa shape index (κ2) is 8.34. The average Bonchev–Trinajstić information content (AvgIpc) is 2.45. The lowest BCUT2D eigenvalue weighted by molar-refractivity contribution is 0.251. The molecule has 0 saturated carbocycles. The lowest BCUT2D eigenvalue weighted by Crippen LogP contribution is -2.37. The van der Waals surface area contributed by atoms with Crippen molar-refractivity contribution in [3.05, 3.63) is 23.3 Å². The van der Waals surface area contributed by atoms with Gasteiger partial charge in [0.25, 0.3) is 0 Å². The van der Waals surface area contributed by atoms with Crippen LogP contribution in [0.25, 0.3) is 0 Å². The van der Waals surface area contributed by atoms with Crippen molar-refractivity contribution in [2.75, 3.05) is 6.54 Å². The van der Waals surface area contributed by atoms with Gasteiger partial charge in [-0.2, -0.15) is 0 Å². The van der Waals surface area contributed by atoms with Crippen LogP contribution in [0.4, 0.5) is 0 Å². The molecule has 1 nitrogen and oxygen atoms in total. The molecule has 0 heterocycles. The van der Waals surface area contributed by atoms with Gasteiger partial charge in [-0.25, -0.2) is 0 Å². The summed E-state index contributed by atoms with van der Waals surface area (Å²) in [6.07, 6.45) is 12.5. The molecule has 0 fully saturated rings. The molecule has 0 saturated heterocycles. The summed E-state index contributed by atoms with van der Waals surface area (Å²) in [7, 11) is 0. The minimum absolute atomic E-state index is 0.380. The van der Waals surface area contributed by atoms with E-state index in [0.717, 1.165) is 6.54 Å². The monoisotopic (exact) mass is 305 g/mol. The third kappa shape index (κ3) is 6.69. The molecule has 22 heavy (non-hydrogen) atoms. The van der Waals surface area contributed by atoms with Gasteiger partial charge in [0, 0.05) is 12.6 Å². The molecule has 0 amide bonds. The smallest absolute Gasteiger partial charge is 0.0291 e. The minimum Gasteiger partial charge on any atom is -0.310 e.